The fraction of sp³-hybridized carbons (Fsp3) is 0.526. The van der Waals surface area contributed by atoms with Gasteiger partial charge in [0, 0.05) is 5.69 Å². The van der Waals surface area contributed by atoms with E-state index >= 15 is 0 Å². The van der Waals surface area contributed by atoms with Gasteiger partial charge in [-0.3, -0.25) is 9.47 Å². The van der Waals surface area contributed by atoms with Crippen LogP contribution in [0.15, 0.2) is 30.9 Å². The molecule has 4 rings (SSSR count). The quantitative estimate of drug-likeness (QED) is 0.839. The molecule has 3 heterocycles. The molecule has 2 N–H and O–H groups in total. The topological polar surface area (TPSA) is 84.3 Å². The van der Waals surface area contributed by atoms with Crippen LogP contribution in [0.5, 0.6) is 0 Å². The number of aryl methyl sites for hydroxylation is 1. The predicted octanol–water partition coefficient (Wildman–Crippen LogP) is 1.81. The summed E-state index contributed by atoms with van der Waals surface area (Å²) in [5, 5.41) is 13.8. The number of urea groups is 1. The molecule has 0 radical (unpaired) electrons. The molecule has 27 heavy (non-hydrogen) atoms. The monoisotopic (exact) mass is 370 g/mol. The zero-order valence-electron chi connectivity index (χ0n) is 15.6. The molecule has 2 aliphatic rings. The van der Waals surface area contributed by atoms with Crippen LogP contribution in [0.1, 0.15) is 25.3 Å². The Kier molecular flexibility index (Phi) is 5.35. The van der Waals surface area contributed by atoms with E-state index in [1.165, 1.54) is 12.8 Å². The molecule has 2 amide bonds. The van der Waals surface area contributed by atoms with Gasteiger partial charge < -0.3 is 15.4 Å². The number of nitrogens with zero attached hydrogens (tertiary/aromatic N) is 4. The molecule has 8 nitrogen and oxygen atoms in total. The Bertz CT molecular complexity index is 773. The zero-order valence-corrected chi connectivity index (χ0v) is 15.6. The lowest BCUT2D eigenvalue weighted by molar-refractivity contribution is 0.159. The first-order valence-corrected chi connectivity index (χ1v) is 9.62. The summed E-state index contributed by atoms with van der Waals surface area (Å²) < 4.78 is 7.46. The van der Waals surface area contributed by atoms with Crippen molar-refractivity contribution >= 4 is 11.7 Å². The highest BCUT2D eigenvalue weighted by molar-refractivity contribution is 5.90. The van der Waals surface area contributed by atoms with Crippen molar-refractivity contribution in [2.24, 2.45) is 0 Å². The van der Waals surface area contributed by atoms with Gasteiger partial charge in [0.1, 0.15) is 12.7 Å². The molecule has 0 unspecified atom stereocenters. The van der Waals surface area contributed by atoms with Gasteiger partial charge in [0.25, 0.3) is 0 Å². The summed E-state index contributed by atoms with van der Waals surface area (Å²) in [4.78, 5) is 15.1. The van der Waals surface area contributed by atoms with Crippen LogP contribution in [0.4, 0.5) is 10.5 Å². The van der Waals surface area contributed by atoms with Crippen LogP contribution in [0, 0.1) is 0 Å². The third-order valence-corrected chi connectivity index (χ3v) is 5.42. The van der Waals surface area contributed by atoms with Crippen LogP contribution in [0.25, 0.3) is 5.69 Å². The van der Waals surface area contributed by atoms with Gasteiger partial charge >= 0.3 is 6.03 Å². The summed E-state index contributed by atoms with van der Waals surface area (Å²) in [6.07, 6.45) is 6.57. The Morgan fingerprint density at radius 2 is 2.00 bits per heavy atom. The van der Waals surface area contributed by atoms with E-state index in [2.05, 4.69) is 32.7 Å². The average molecular weight is 370 g/mol. The summed E-state index contributed by atoms with van der Waals surface area (Å²) in [6, 6.07) is 6.08. The highest BCUT2D eigenvalue weighted by Gasteiger charge is 2.35. The Hall–Kier alpha value is -2.45. The van der Waals surface area contributed by atoms with E-state index in [0.29, 0.717) is 13.2 Å². The lowest BCUT2D eigenvalue weighted by Crippen LogP contribution is -2.51. The molecular weight excluding hydrogens is 344 g/mol. The number of amides is 2. The molecule has 1 aromatic carbocycles. The van der Waals surface area contributed by atoms with E-state index < -0.39 is 0 Å². The number of hydrogen-bond acceptors (Lipinski definition) is 5. The molecule has 2 aromatic rings. The molecule has 0 aliphatic carbocycles. The third kappa shape index (κ3) is 3.96. The molecule has 0 spiro atoms. The van der Waals surface area contributed by atoms with Gasteiger partial charge in [0.15, 0.2) is 0 Å². The molecule has 0 bridgehead atoms. The van der Waals surface area contributed by atoms with Crippen molar-refractivity contribution in [3.63, 3.8) is 0 Å². The van der Waals surface area contributed by atoms with Gasteiger partial charge in [-0.1, -0.05) is 13.0 Å². The summed E-state index contributed by atoms with van der Waals surface area (Å²) in [5.74, 6) is 0. The number of carbonyl (C=O) groups excluding carboxylic acids is 1. The molecule has 144 valence electrons. The molecule has 0 saturated carbocycles. The largest absolute Gasteiger partial charge is 0.378 e. The average Bonchev–Trinajstić information content (AvgIpc) is 3.43. The van der Waals surface area contributed by atoms with Gasteiger partial charge in [0.05, 0.1) is 31.0 Å². The normalized spacial score (nSPS) is 22.9. The van der Waals surface area contributed by atoms with Gasteiger partial charge in [-0.25, -0.2) is 4.79 Å². The van der Waals surface area contributed by atoms with Crippen molar-refractivity contribution in [3.8, 4) is 5.69 Å². The number of nitrogens with one attached hydrogen (secondary N) is 2. The Morgan fingerprint density at radius 3 is 2.74 bits per heavy atom. The molecule has 2 atom stereocenters. The van der Waals surface area contributed by atoms with Gasteiger partial charge in [-0.15, -0.1) is 10.2 Å². The minimum absolute atomic E-state index is 0.0224. The predicted molar refractivity (Wildman–Crippen MR) is 102 cm³/mol. The van der Waals surface area contributed by atoms with Gasteiger partial charge in [-0.2, -0.15) is 0 Å². The molecule has 1 aromatic heterocycles. The van der Waals surface area contributed by atoms with Crippen molar-refractivity contribution in [2.75, 3.05) is 31.6 Å². The molecule has 2 aliphatic heterocycles. The molecule has 2 saturated heterocycles. The number of ether oxygens (including phenoxy) is 1. The first-order valence-electron chi connectivity index (χ1n) is 9.62. The zero-order chi connectivity index (χ0) is 18.6. The Balaban J connectivity index is 1.45. The number of rotatable bonds is 5. The number of aromatic nitrogens is 3. The molecule has 8 heteroatoms. The second-order valence-corrected chi connectivity index (χ2v) is 7.12. The third-order valence-electron chi connectivity index (χ3n) is 5.42. The first kappa shape index (κ1) is 17.9. The number of carbonyl (C=O) groups is 1. The highest BCUT2D eigenvalue weighted by Crippen LogP contribution is 2.22. The van der Waals surface area contributed by atoms with Crippen molar-refractivity contribution in [1.82, 2.24) is 25.0 Å². The van der Waals surface area contributed by atoms with Crippen LogP contribution < -0.4 is 10.6 Å². The van der Waals surface area contributed by atoms with Crippen LogP contribution in [0.2, 0.25) is 0 Å². The number of hydrogen-bond donors (Lipinski definition) is 2. The fourth-order valence-corrected chi connectivity index (χ4v) is 3.92. The van der Waals surface area contributed by atoms with Crippen LogP contribution in [-0.4, -0.2) is 64.1 Å². The Labute approximate surface area is 158 Å². The fourth-order valence-electron chi connectivity index (χ4n) is 3.92. The van der Waals surface area contributed by atoms with Gasteiger partial charge in [-0.05, 0) is 50.0 Å². The van der Waals surface area contributed by atoms with E-state index in [9.17, 15) is 4.79 Å². The number of likely N-dealkylation sites (tertiary alicyclic amines) is 1. The second kappa shape index (κ2) is 8.06. The SMILES string of the molecule is CCc1ccc(-n2cnnc2)cc1NC(=O)N[C@@H]1COC[C@H]1N1CCCC1. The standard InChI is InChI=1S/C19H26N6O2/c1-2-14-5-6-15(25-12-20-21-13-25)9-16(14)22-19(26)23-17-10-27-11-18(17)24-7-3-4-8-24/h5-6,9,12-13,17-18H,2-4,7-8,10-11H2,1H3,(H2,22,23,26)/t17-,18-/m1/s1. The van der Waals surface area contributed by atoms with Crippen molar-refractivity contribution in [1.29, 1.82) is 0 Å². The van der Waals surface area contributed by atoms with E-state index in [0.717, 1.165) is 36.4 Å². The summed E-state index contributed by atoms with van der Waals surface area (Å²) in [6.45, 7) is 5.51. The van der Waals surface area contributed by atoms with Crippen LogP contribution in [-0.2, 0) is 11.2 Å². The van der Waals surface area contributed by atoms with Crippen molar-refractivity contribution < 1.29 is 9.53 Å². The Morgan fingerprint density at radius 1 is 1.22 bits per heavy atom. The minimum Gasteiger partial charge on any atom is -0.378 e. The van der Waals surface area contributed by atoms with Gasteiger partial charge in [0.2, 0.25) is 0 Å². The van der Waals surface area contributed by atoms with E-state index in [4.69, 9.17) is 4.74 Å². The second-order valence-electron chi connectivity index (χ2n) is 7.12. The number of anilines is 1. The van der Waals surface area contributed by atoms with Crippen molar-refractivity contribution in [3.05, 3.63) is 36.4 Å². The van der Waals surface area contributed by atoms with E-state index in [1.807, 2.05) is 22.8 Å². The lowest BCUT2D eigenvalue weighted by atomic mass is 10.1. The highest BCUT2D eigenvalue weighted by atomic mass is 16.5. The summed E-state index contributed by atoms with van der Waals surface area (Å²) in [7, 11) is 0. The first-order chi connectivity index (χ1) is 13.2. The maximum absolute atomic E-state index is 12.7. The van der Waals surface area contributed by atoms with Crippen molar-refractivity contribution in [2.45, 2.75) is 38.3 Å². The molecular formula is C19H26N6O2. The number of benzene rings is 1. The van der Waals surface area contributed by atoms with E-state index in [-0.39, 0.29) is 18.1 Å². The molecule has 2 fully saturated rings. The maximum atomic E-state index is 12.7. The smallest absolute Gasteiger partial charge is 0.319 e. The summed E-state index contributed by atoms with van der Waals surface area (Å²) in [5.41, 5.74) is 2.80. The summed E-state index contributed by atoms with van der Waals surface area (Å²) >= 11 is 0. The van der Waals surface area contributed by atoms with E-state index in [1.54, 1.807) is 12.7 Å². The lowest BCUT2D eigenvalue weighted by Gasteiger charge is -2.28. The minimum atomic E-state index is -0.190. The van der Waals surface area contributed by atoms with Crippen LogP contribution in [0.3, 0.4) is 0 Å². The maximum Gasteiger partial charge on any atom is 0.319 e. The van der Waals surface area contributed by atoms with Crippen LogP contribution >= 0.6 is 0 Å².